The average molecular weight is 282 g/mol. The molecule has 0 radical (unpaired) electrons. The van der Waals surface area contributed by atoms with Crippen LogP contribution in [-0.4, -0.2) is 36.6 Å². The molecule has 0 unspecified atom stereocenters. The third-order valence-corrected chi connectivity index (χ3v) is 4.27. The zero-order valence-corrected chi connectivity index (χ0v) is 13.6. The standard InChI is InChI=1S/C17H31FN2/c1-6-19-13-16-7-9-20(10-8-16)17(4,5)12-14(2)11-15(3)18/h11,16,19H,3,6-10,12-13H2,1-2,4-5H3/b14-11+. The minimum Gasteiger partial charge on any atom is -0.317 e. The van der Waals surface area contributed by atoms with Gasteiger partial charge in [-0.05, 0) is 78.2 Å². The third-order valence-electron chi connectivity index (χ3n) is 4.27. The van der Waals surface area contributed by atoms with Gasteiger partial charge >= 0.3 is 0 Å². The highest BCUT2D eigenvalue weighted by Crippen LogP contribution is 2.28. The predicted octanol–water partition coefficient (Wildman–Crippen LogP) is 3.91. The summed E-state index contributed by atoms with van der Waals surface area (Å²) in [4.78, 5) is 2.55. The molecule has 116 valence electrons. The molecule has 0 atom stereocenters. The van der Waals surface area contributed by atoms with E-state index in [0.29, 0.717) is 0 Å². The van der Waals surface area contributed by atoms with Crippen LogP contribution in [0, 0.1) is 5.92 Å². The Morgan fingerprint density at radius 3 is 2.50 bits per heavy atom. The van der Waals surface area contributed by atoms with Gasteiger partial charge in [-0.3, -0.25) is 4.90 Å². The van der Waals surface area contributed by atoms with Gasteiger partial charge in [0.2, 0.25) is 0 Å². The van der Waals surface area contributed by atoms with E-state index >= 15 is 0 Å². The molecule has 20 heavy (non-hydrogen) atoms. The van der Waals surface area contributed by atoms with E-state index in [0.717, 1.165) is 44.1 Å². The Labute approximate surface area is 124 Å². The van der Waals surface area contributed by atoms with Gasteiger partial charge in [0, 0.05) is 5.54 Å². The van der Waals surface area contributed by atoms with Gasteiger partial charge in [-0.1, -0.05) is 19.1 Å². The highest BCUT2D eigenvalue weighted by Gasteiger charge is 2.30. The largest absolute Gasteiger partial charge is 0.317 e. The van der Waals surface area contributed by atoms with Crippen molar-refractivity contribution in [3.8, 4) is 0 Å². The summed E-state index contributed by atoms with van der Waals surface area (Å²) >= 11 is 0. The lowest BCUT2D eigenvalue weighted by molar-refractivity contribution is 0.0747. The van der Waals surface area contributed by atoms with Gasteiger partial charge in [0.15, 0.2) is 0 Å². The molecule has 0 aromatic carbocycles. The Balaban J connectivity index is 2.47. The van der Waals surface area contributed by atoms with Crippen molar-refractivity contribution in [3.63, 3.8) is 0 Å². The molecule has 0 spiro atoms. The van der Waals surface area contributed by atoms with E-state index < -0.39 is 0 Å². The fourth-order valence-electron chi connectivity index (χ4n) is 3.20. The lowest BCUT2D eigenvalue weighted by atomic mass is 9.88. The molecule has 0 aromatic rings. The summed E-state index contributed by atoms with van der Waals surface area (Å²) in [5, 5.41) is 3.45. The van der Waals surface area contributed by atoms with Crippen molar-refractivity contribution >= 4 is 0 Å². The van der Waals surface area contributed by atoms with Crippen molar-refractivity contribution in [2.24, 2.45) is 5.92 Å². The van der Waals surface area contributed by atoms with Crippen LogP contribution >= 0.6 is 0 Å². The Kier molecular flexibility index (Phi) is 6.90. The molecule has 0 aliphatic carbocycles. The molecule has 2 nitrogen and oxygen atoms in total. The fourth-order valence-corrected chi connectivity index (χ4v) is 3.20. The van der Waals surface area contributed by atoms with Crippen molar-refractivity contribution in [1.82, 2.24) is 10.2 Å². The Morgan fingerprint density at radius 2 is 2.00 bits per heavy atom. The first kappa shape index (κ1) is 17.4. The van der Waals surface area contributed by atoms with Gasteiger partial charge in [0.1, 0.15) is 5.83 Å². The predicted molar refractivity (Wildman–Crippen MR) is 85.5 cm³/mol. The van der Waals surface area contributed by atoms with Crippen LogP contribution in [0.3, 0.4) is 0 Å². The van der Waals surface area contributed by atoms with Gasteiger partial charge < -0.3 is 5.32 Å². The number of nitrogens with one attached hydrogen (secondary N) is 1. The smallest absolute Gasteiger partial charge is 0.115 e. The van der Waals surface area contributed by atoms with E-state index in [1.807, 2.05) is 6.92 Å². The van der Waals surface area contributed by atoms with Crippen LogP contribution in [-0.2, 0) is 0 Å². The lowest BCUT2D eigenvalue weighted by Crippen LogP contribution is -2.49. The van der Waals surface area contributed by atoms with Crippen LogP contribution in [0.5, 0.6) is 0 Å². The van der Waals surface area contributed by atoms with Crippen molar-refractivity contribution < 1.29 is 4.39 Å². The molecule has 0 bridgehead atoms. The fraction of sp³-hybridized carbons (Fsp3) is 0.765. The first-order chi connectivity index (χ1) is 9.35. The quantitative estimate of drug-likeness (QED) is 0.712. The first-order valence-electron chi connectivity index (χ1n) is 7.82. The molecule has 0 saturated carbocycles. The molecule has 1 aliphatic heterocycles. The molecule has 0 aromatic heterocycles. The van der Waals surface area contributed by atoms with Crippen molar-refractivity contribution in [2.75, 3.05) is 26.2 Å². The minimum absolute atomic E-state index is 0.0964. The van der Waals surface area contributed by atoms with Crippen molar-refractivity contribution in [2.45, 2.75) is 52.5 Å². The summed E-state index contributed by atoms with van der Waals surface area (Å²) in [6, 6.07) is 0. The second-order valence-electron chi connectivity index (χ2n) is 6.66. The Bertz CT molecular complexity index is 339. The van der Waals surface area contributed by atoms with E-state index in [1.54, 1.807) is 6.08 Å². The number of nitrogens with zero attached hydrogens (tertiary/aromatic N) is 1. The zero-order chi connectivity index (χ0) is 15.2. The molecular formula is C17H31FN2. The molecule has 0 amide bonds. The Hall–Kier alpha value is -0.670. The molecule has 1 fully saturated rings. The Morgan fingerprint density at radius 1 is 1.40 bits per heavy atom. The molecule has 1 N–H and O–H groups in total. The number of hydrogen-bond acceptors (Lipinski definition) is 2. The summed E-state index contributed by atoms with van der Waals surface area (Å²) in [6.45, 7) is 16.5. The number of rotatable bonds is 7. The minimum atomic E-state index is -0.345. The number of hydrogen-bond donors (Lipinski definition) is 1. The maximum Gasteiger partial charge on any atom is 0.115 e. The SMILES string of the molecule is C=C(F)/C=C(\C)CC(C)(C)N1CCC(CNCC)CC1. The highest BCUT2D eigenvalue weighted by molar-refractivity contribution is 5.15. The van der Waals surface area contributed by atoms with Crippen LogP contribution in [0.15, 0.2) is 24.1 Å². The maximum atomic E-state index is 12.8. The molecule has 1 rings (SSSR count). The molecular weight excluding hydrogens is 251 g/mol. The van der Waals surface area contributed by atoms with Gasteiger partial charge in [0.05, 0.1) is 0 Å². The third kappa shape index (κ3) is 5.76. The van der Waals surface area contributed by atoms with Gasteiger partial charge in [-0.15, -0.1) is 0 Å². The van der Waals surface area contributed by atoms with E-state index in [4.69, 9.17) is 0 Å². The lowest BCUT2D eigenvalue weighted by Gasteiger charge is -2.43. The van der Waals surface area contributed by atoms with Crippen LogP contribution in [0.25, 0.3) is 0 Å². The summed E-state index contributed by atoms with van der Waals surface area (Å²) < 4.78 is 12.8. The molecule has 1 aliphatic rings. The van der Waals surface area contributed by atoms with Crippen LogP contribution in [0.1, 0.15) is 47.0 Å². The van der Waals surface area contributed by atoms with E-state index in [-0.39, 0.29) is 11.4 Å². The molecule has 3 heteroatoms. The van der Waals surface area contributed by atoms with Crippen LogP contribution in [0.4, 0.5) is 4.39 Å². The normalized spacial score (nSPS) is 19.4. The van der Waals surface area contributed by atoms with E-state index in [2.05, 4.69) is 37.6 Å². The monoisotopic (exact) mass is 282 g/mol. The van der Waals surface area contributed by atoms with E-state index in [9.17, 15) is 4.39 Å². The van der Waals surface area contributed by atoms with Crippen LogP contribution in [0.2, 0.25) is 0 Å². The van der Waals surface area contributed by atoms with Gasteiger partial charge in [-0.2, -0.15) is 0 Å². The summed E-state index contributed by atoms with van der Waals surface area (Å²) in [5.74, 6) is 0.465. The second kappa shape index (κ2) is 7.94. The summed E-state index contributed by atoms with van der Waals surface area (Å²) in [6.07, 6.45) is 4.97. The highest BCUT2D eigenvalue weighted by atomic mass is 19.1. The maximum absolute atomic E-state index is 12.8. The van der Waals surface area contributed by atoms with Crippen molar-refractivity contribution in [3.05, 3.63) is 24.1 Å². The van der Waals surface area contributed by atoms with Crippen LogP contribution < -0.4 is 5.32 Å². The van der Waals surface area contributed by atoms with Gasteiger partial charge in [0.25, 0.3) is 0 Å². The number of likely N-dealkylation sites (tertiary alicyclic amines) is 1. The number of piperidine rings is 1. The van der Waals surface area contributed by atoms with Gasteiger partial charge in [-0.25, -0.2) is 4.39 Å². The summed E-state index contributed by atoms with van der Waals surface area (Å²) in [7, 11) is 0. The zero-order valence-electron chi connectivity index (χ0n) is 13.6. The number of allylic oxidation sites excluding steroid dienone is 2. The molecule has 1 heterocycles. The average Bonchev–Trinajstić information content (AvgIpc) is 2.35. The first-order valence-corrected chi connectivity index (χ1v) is 7.82. The number of halogens is 1. The molecule has 1 saturated heterocycles. The second-order valence-corrected chi connectivity index (χ2v) is 6.66. The van der Waals surface area contributed by atoms with Crippen molar-refractivity contribution in [1.29, 1.82) is 0 Å². The van der Waals surface area contributed by atoms with E-state index in [1.165, 1.54) is 12.8 Å². The topological polar surface area (TPSA) is 15.3 Å². The summed E-state index contributed by atoms with van der Waals surface area (Å²) in [5.41, 5.74) is 1.16.